The Hall–Kier alpha value is -3.14. The molecule has 140 valence electrons. The summed E-state index contributed by atoms with van der Waals surface area (Å²) < 4.78 is 43.8. The van der Waals surface area contributed by atoms with Crippen molar-refractivity contribution in [3.63, 3.8) is 0 Å². The molecule has 2 heterocycles. The molecule has 27 heavy (non-hydrogen) atoms. The Balaban J connectivity index is 1.74. The number of amides is 2. The number of nitrogens with two attached hydrogens (primary N) is 1. The molecule has 0 aliphatic heterocycles. The van der Waals surface area contributed by atoms with E-state index in [9.17, 15) is 22.8 Å². The molecule has 2 amide bonds. The minimum absolute atomic E-state index is 0.0488. The van der Waals surface area contributed by atoms with Crippen molar-refractivity contribution in [1.29, 1.82) is 0 Å². The first-order valence-electron chi connectivity index (χ1n) is 7.54. The number of hydrogen-bond donors (Lipinski definition) is 2. The van der Waals surface area contributed by atoms with Crippen molar-refractivity contribution in [3.05, 3.63) is 58.8 Å². The van der Waals surface area contributed by atoms with Crippen LogP contribution in [0.15, 0.2) is 46.2 Å². The van der Waals surface area contributed by atoms with Crippen LogP contribution in [-0.2, 0) is 17.4 Å². The van der Waals surface area contributed by atoms with Crippen molar-refractivity contribution >= 4 is 28.3 Å². The Morgan fingerprint density at radius 3 is 2.70 bits per heavy atom. The van der Waals surface area contributed by atoms with Crippen LogP contribution in [-0.4, -0.2) is 16.8 Å². The number of alkyl halides is 3. The minimum Gasteiger partial charge on any atom is -0.451 e. The summed E-state index contributed by atoms with van der Waals surface area (Å²) in [6.07, 6.45) is -4.52. The average Bonchev–Trinajstić information content (AvgIpc) is 3.23. The summed E-state index contributed by atoms with van der Waals surface area (Å²) in [4.78, 5) is 27.1. The lowest BCUT2D eigenvalue weighted by atomic mass is 10.1. The number of carbonyl (C=O) groups is 2. The van der Waals surface area contributed by atoms with Gasteiger partial charge in [0.1, 0.15) is 5.76 Å². The predicted octanol–water partition coefficient (Wildman–Crippen LogP) is 3.70. The van der Waals surface area contributed by atoms with Crippen LogP contribution in [0.4, 0.5) is 18.3 Å². The minimum atomic E-state index is -4.48. The highest BCUT2D eigenvalue weighted by Crippen LogP contribution is 2.32. The summed E-state index contributed by atoms with van der Waals surface area (Å²) in [5.41, 5.74) is 4.88. The Morgan fingerprint density at radius 1 is 1.22 bits per heavy atom. The number of hydrogen-bond acceptors (Lipinski definition) is 5. The lowest BCUT2D eigenvalue weighted by Crippen LogP contribution is -2.14. The number of carbonyl (C=O) groups excluding carboxylic acids is 2. The van der Waals surface area contributed by atoms with Gasteiger partial charge in [-0.2, -0.15) is 13.2 Å². The highest BCUT2D eigenvalue weighted by molar-refractivity contribution is 7.14. The summed E-state index contributed by atoms with van der Waals surface area (Å²) in [7, 11) is 0. The molecule has 3 aromatic rings. The third kappa shape index (κ3) is 4.53. The molecule has 0 saturated heterocycles. The summed E-state index contributed by atoms with van der Waals surface area (Å²) in [5.74, 6) is -1.13. The van der Waals surface area contributed by atoms with Gasteiger partial charge in [0.25, 0.3) is 5.91 Å². The molecule has 0 radical (unpaired) electrons. The number of nitrogens with one attached hydrogen (secondary N) is 1. The van der Waals surface area contributed by atoms with Gasteiger partial charge in [-0.15, -0.1) is 11.3 Å². The van der Waals surface area contributed by atoms with Gasteiger partial charge in [0, 0.05) is 10.9 Å². The van der Waals surface area contributed by atoms with Crippen molar-refractivity contribution in [2.45, 2.75) is 12.6 Å². The Labute approximate surface area is 154 Å². The first kappa shape index (κ1) is 18.6. The van der Waals surface area contributed by atoms with Crippen LogP contribution in [0.5, 0.6) is 0 Å². The fraction of sp³-hybridized carbons (Fsp3) is 0.118. The second-order valence-electron chi connectivity index (χ2n) is 5.48. The van der Waals surface area contributed by atoms with E-state index >= 15 is 0 Å². The first-order valence-corrected chi connectivity index (χ1v) is 8.42. The normalized spacial score (nSPS) is 11.4. The van der Waals surface area contributed by atoms with Crippen LogP contribution in [0.25, 0.3) is 11.3 Å². The van der Waals surface area contributed by atoms with Crippen molar-refractivity contribution in [2.75, 3.05) is 5.32 Å². The van der Waals surface area contributed by atoms with E-state index < -0.39 is 23.6 Å². The van der Waals surface area contributed by atoms with Gasteiger partial charge in [-0.1, -0.05) is 12.1 Å². The maximum atomic E-state index is 12.8. The van der Waals surface area contributed by atoms with Crippen molar-refractivity contribution < 1.29 is 27.2 Å². The highest BCUT2D eigenvalue weighted by Gasteiger charge is 2.30. The molecule has 0 bridgehead atoms. The third-order valence-electron chi connectivity index (χ3n) is 3.43. The number of benzene rings is 1. The molecule has 0 unspecified atom stereocenters. The van der Waals surface area contributed by atoms with Crippen LogP contribution < -0.4 is 11.1 Å². The number of nitrogens with zero attached hydrogens (tertiary/aromatic N) is 1. The lowest BCUT2D eigenvalue weighted by molar-refractivity contribution is -0.137. The second-order valence-corrected chi connectivity index (χ2v) is 6.34. The molecule has 3 N–H and O–H groups in total. The molecule has 2 aromatic heterocycles. The summed E-state index contributed by atoms with van der Waals surface area (Å²) >= 11 is 1.10. The number of furan rings is 1. The van der Waals surface area contributed by atoms with Gasteiger partial charge in [-0.05, 0) is 24.3 Å². The van der Waals surface area contributed by atoms with Gasteiger partial charge < -0.3 is 10.2 Å². The fourth-order valence-electron chi connectivity index (χ4n) is 2.25. The Morgan fingerprint density at radius 2 is 2.00 bits per heavy atom. The number of halogens is 3. The average molecular weight is 395 g/mol. The van der Waals surface area contributed by atoms with Gasteiger partial charge in [0.15, 0.2) is 10.9 Å². The van der Waals surface area contributed by atoms with E-state index in [4.69, 9.17) is 10.2 Å². The molecule has 0 saturated carbocycles. The van der Waals surface area contributed by atoms with E-state index in [0.717, 1.165) is 23.5 Å². The molecular weight excluding hydrogens is 383 g/mol. The molecule has 10 heteroatoms. The van der Waals surface area contributed by atoms with Gasteiger partial charge in [0.05, 0.1) is 17.7 Å². The molecule has 0 spiro atoms. The summed E-state index contributed by atoms with van der Waals surface area (Å²) in [5, 5.41) is 4.32. The standard InChI is InChI=1S/C17H12F3N3O3S/c18-17(19,20)10-3-1-2-9(6-10)12-4-5-13(26-12)15(25)23-16-22-11(8-27-16)7-14(21)24/h1-6,8H,7H2,(H2,21,24)(H,22,23,25). The maximum Gasteiger partial charge on any atom is 0.416 e. The van der Waals surface area contributed by atoms with Crippen LogP contribution in [0.2, 0.25) is 0 Å². The molecule has 1 aromatic carbocycles. The highest BCUT2D eigenvalue weighted by atomic mass is 32.1. The van der Waals surface area contributed by atoms with Gasteiger partial charge in [-0.3, -0.25) is 14.9 Å². The van der Waals surface area contributed by atoms with Crippen molar-refractivity contribution in [2.24, 2.45) is 5.73 Å². The van der Waals surface area contributed by atoms with Crippen LogP contribution >= 0.6 is 11.3 Å². The lowest BCUT2D eigenvalue weighted by Gasteiger charge is -2.07. The van der Waals surface area contributed by atoms with Crippen LogP contribution in [0, 0.1) is 0 Å². The van der Waals surface area contributed by atoms with Gasteiger partial charge in [0.2, 0.25) is 5.91 Å². The van der Waals surface area contributed by atoms with Crippen molar-refractivity contribution in [1.82, 2.24) is 4.98 Å². The van der Waals surface area contributed by atoms with E-state index in [-0.39, 0.29) is 28.6 Å². The molecular formula is C17H12F3N3O3S. The first-order chi connectivity index (χ1) is 12.7. The quantitative estimate of drug-likeness (QED) is 0.688. The zero-order valence-electron chi connectivity index (χ0n) is 13.5. The molecule has 3 rings (SSSR count). The van der Waals surface area contributed by atoms with E-state index in [1.165, 1.54) is 24.3 Å². The van der Waals surface area contributed by atoms with Crippen LogP contribution in [0.3, 0.4) is 0 Å². The second kappa shape index (κ2) is 7.23. The Bertz CT molecular complexity index is 994. The number of aromatic nitrogens is 1. The zero-order valence-corrected chi connectivity index (χ0v) is 14.4. The fourth-order valence-corrected chi connectivity index (χ4v) is 2.95. The summed E-state index contributed by atoms with van der Waals surface area (Å²) in [6.45, 7) is 0. The predicted molar refractivity (Wildman–Crippen MR) is 92.1 cm³/mol. The van der Waals surface area contributed by atoms with Gasteiger partial charge in [-0.25, -0.2) is 4.98 Å². The van der Waals surface area contributed by atoms with Gasteiger partial charge >= 0.3 is 6.18 Å². The topological polar surface area (TPSA) is 98.2 Å². The number of anilines is 1. The summed E-state index contributed by atoms with van der Waals surface area (Å²) in [6, 6.07) is 7.36. The smallest absolute Gasteiger partial charge is 0.416 e. The maximum absolute atomic E-state index is 12.8. The van der Waals surface area contributed by atoms with E-state index in [1.807, 2.05) is 0 Å². The number of thiazole rings is 1. The monoisotopic (exact) mass is 395 g/mol. The Kier molecular flexibility index (Phi) is 5.00. The van der Waals surface area contributed by atoms with E-state index in [0.29, 0.717) is 5.69 Å². The SMILES string of the molecule is NC(=O)Cc1csc(NC(=O)c2ccc(-c3cccc(C(F)(F)F)c3)o2)n1. The van der Waals surface area contributed by atoms with E-state index in [2.05, 4.69) is 10.3 Å². The molecule has 0 atom stereocenters. The molecule has 0 fully saturated rings. The van der Waals surface area contributed by atoms with E-state index in [1.54, 1.807) is 5.38 Å². The molecule has 6 nitrogen and oxygen atoms in total. The van der Waals surface area contributed by atoms with Crippen LogP contribution in [0.1, 0.15) is 21.8 Å². The molecule has 0 aliphatic carbocycles. The number of primary amides is 1. The van der Waals surface area contributed by atoms with Crippen molar-refractivity contribution in [3.8, 4) is 11.3 Å². The molecule has 0 aliphatic rings. The number of rotatable bonds is 5. The third-order valence-corrected chi connectivity index (χ3v) is 4.24. The zero-order chi connectivity index (χ0) is 19.6. The largest absolute Gasteiger partial charge is 0.451 e.